The minimum Gasteiger partial charge on any atom is -0.383 e. The third-order valence-electron chi connectivity index (χ3n) is 6.25. The van der Waals surface area contributed by atoms with Gasteiger partial charge in [-0.2, -0.15) is 0 Å². The van der Waals surface area contributed by atoms with Gasteiger partial charge in [0.25, 0.3) is 11.5 Å². The monoisotopic (exact) mass is 499 g/mol. The van der Waals surface area contributed by atoms with Gasteiger partial charge in [-0.3, -0.25) is 19.1 Å². The Morgan fingerprint density at radius 3 is 2.63 bits per heavy atom. The number of fused-ring (bicyclic) bond motifs is 1. The van der Waals surface area contributed by atoms with Crippen LogP contribution in [0.1, 0.15) is 16.8 Å². The number of rotatable bonds is 9. The van der Waals surface area contributed by atoms with E-state index in [0.717, 1.165) is 54.4 Å². The average Bonchev–Trinajstić information content (AvgIpc) is 2.86. The van der Waals surface area contributed by atoms with Crippen molar-refractivity contribution in [1.29, 1.82) is 0 Å². The maximum Gasteiger partial charge on any atom is 0.328 e. The topological polar surface area (TPSA) is 99.7 Å². The summed E-state index contributed by atoms with van der Waals surface area (Å²) in [5.41, 5.74) is 0.974. The van der Waals surface area contributed by atoms with Crippen molar-refractivity contribution in [1.82, 2.24) is 19.8 Å². The summed E-state index contributed by atoms with van der Waals surface area (Å²) in [6, 6.07) is 12.6. The Labute approximate surface area is 208 Å². The van der Waals surface area contributed by atoms with Crippen molar-refractivity contribution in [3.8, 4) is 0 Å². The standard InChI is InChI=1S/C25H30ClN5O4/c1-35-15-14-31-24(33)21-7-6-18(16-22(21)28-25(31)34)23(32)27-8-3-9-29-10-12-30(13-11-29)20-5-2-4-19(26)17-20/h2,4-7,16-17H,3,8-15H2,1H3,(H,27,32)(H,28,34). The van der Waals surface area contributed by atoms with E-state index in [1.54, 1.807) is 18.2 Å². The summed E-state index contributed by atoms with van der Waals surface area (Å²) in [7, 11) is 1.51. The van der Waals surface area contributed by atoms with Gasteiger partial charge >= 0.3 is 5.69 Å². The highest BCUT2D eigenvalue weighted by molar-refractivity contribution is 6.30. The molecule has 0 aliphatic carbocycles. The van der Waals surface area contributed by atoms with Crippen LogP contribution in [0, 0.1) is 0 Å². The first-order valence-corrected chi connectivity index (χ1v) is 12.1. The van der Waals surface area contributed by atoms with Crippen LogP contribution in [0.4, 0.5) is 5.69 Å². The van der Waals surface area contributed by atoms with Crippen molar-refractivity contribution in [3.63, 3.8) is 0 Å². The molecule has 4 rings (SSSR count). The molecule has 0 saturated carbocycles. The lowest BCUT2D eigenvalue weighted by atomic mass is 10.1. The second-order valence-electron chi connectivity index (χ2n) is 8.56. The smallest absolute Gasteiger partial charge is 0.328 e. The molecular weight excluding hydrogens is 470 g/mol. The van der Waals surface area contributed by atoms with Gasteiger partial charge in [0.2, 0.25) is 0 Å². The maximum atomic E-state index is 12.6. The minimum atomic E-state index is -0.521. The molecule has 0 radical (unpaired) electrons. The first-order valence-electron chi connectivity index (χ1n) is 11.7. The Morgan fingerprint density at radius 2 is 1.89 bits per heavy atom. The van der Waals surface area contributed by atoms with E-state index in [1.807, 2.05) is 18.2 Å². The van der Waals surface area contributed by atoms with Gasteiger partial charge < -0.3 is 19.9 Å². The van der Waals surface area contributed by atoms with Crippen LogP contribution in [-0.4, -0.2) is 73.3 Å². The van der Waals surface area contributed by atoms with Gasteiger partial charge in [0.15, 0.2) is 0 Å². The van der Waals surface area contributed by atoms with Gasteiger partial charge in [0.1, 0.15) is 0 Å². The van der Waals surface area contributed by atoms with Gasteiger partial charge in [0, 0.05) is 56.1 Å². The van der Waals surface area contributed by atoms with E-state index in [9.17, 15) is 14.4 Å². The van der Waals surface area contributed by atoms with Crippen LogP contribution in [0.2, 0.25) is 5.02 Å². The number of nitrogens with one attached hydrogen (secondary N) is 2. The maximum absolute atomic E-state index is 12.6. The molecule has 10 heteroatoms. The summed E-state index contributed by atoms with van der Waals surface area (Å²) in [5, 5.41) is 4.03. The zero-order valence-electron chi connectivity index (χ0n) is 19.8. The van der Waals surface area contributed by atoms with Gasteiger partial charge in [0.05, 0.1) is 24.1 Å². The summed E-state index contributed by atoms with van der Waals surface area (Å²) in [5.74, 6) is -0.234. The van der Waals surface area contributed by atoms with Crippen molar-refractivity contribution in [2.45, 2.75) is 13.0 Å². The first-order chi connectivity index (χ1) is 17.0. The lowest BCUT2D eigenvalue weighted by Crippen LogP contribution is -2.47. The zero-order valence-corrected chi connectivity index (χ0v) is 20.5. The van der Waals surface area contributed by atoms with E-state index in [1.165, 1.54) is 7.11 Å². The van der Waals surface area contributed by atoms with Crippen LogP contribution >= 0.6 is 11.6 Å². The van der Waals surface area contributed by atoms with Crippen LogP contribution in [0.5, 0.6) is 0 Å². The van der Waals surface area contributed by atoms with Gasteiger partial charge in [-0.25, -0.2) is 4.79 Å². The van der Waals surface area contributed by atoms with E-state index < -0.39 is 11.2 Å². The summed E-state index contributed by atoms with van der Waals surface area (Å²) in [6.45, 7) is 5.66. The normalized spacial score (nSPS) is 14.4. The highest BCUT2D eigenvalue weighted by Gasteiger charge is 2.17. The Morgan fingerprint density at radius 1 is 1.09 bits per heavy atom. The van der Waals surface area contributed by atoms with E-state index in [0.29, 0.717) is 23.0 Å². The molecular formula is C25H30ClN5O4. The summed E-state index contributed by atoms with van der Waals surface area (Å²) >= 11 is 6.11. The summed E-state index contributed by atoms with van der Waals surface area (Å²) in [4.78, 5) is 44.9. The number of carbonyl (C=O) groups excluding carboxylic acids is 1. The molecule has 1 aliphatic heterocycles. The number of piperazine rings is 1. The molecule has 9 nitrogen and oxygen atoms in total. The number of hydrogen-bond donors (Lipinski definition) is 2. The van der Waals surface area contributed by atoms with E-state index in [4.69, 9.17) is 16.3 Å². The van der Waals surface area contributed by atoms with Gasteiger partial charge in [-0.15, -0.1) is 0 Å². The number of H-pyrrole nitrogens is 1. The number of ether oxygens (including phenoxy) is 1. The molecule has 0 spiro atoms. The van der Waals surface area contributed by atoms with Crippen molar-refractivity contribution in [2.24, 2.45) is 0 Å². The molecule has 0 atom stereocenters. The number of anilines is 1. The number of methoxy groups -OCH3 is 1. The number of benzene rings is 2. The number of halogens is 1. The van der Waals surface area contributed by atoms with Gasteiger partial charge in [-0.1, -0.05) is 17.7 Å². The predicted molar refractivity (Wildman–Crippen MR) is 138 cm³/mol. The van der Waals surface area contributed by atoms with Crippen LogP contribution < -0.4 is 21.5 Å². The third kappa shape index (κ3) is 6.11. The second kappa shape index (κ2) is 11.5. The van der Waals surface area contributed by atoms with Crippen molar-refractivity contribution < 1.29 is 9.53 Å². The number of amides is 1. The van der Waals surface area contributed by atoms with Crippen LogP contribution in [-0.2, 0) is 11.3 Å². The Bertz CT molecular complexity index is 1300. The highest BCUT2D eigenvalue weighted by atomic mass is 35.5. The molecule has 2 heterocycles. The zero-order chi connectivity index (χ0) is 24.8. The molecule has 186 valence electrons. The quantitative estimate of drug-likeness (QED) is 0.436. The van der Waals surface area contributed by atoms with E-state index in [2.05, 4.69) is 26.2 Å². The molecule has 3 aromatic rings. The molecule has 2 N–H and O–H groups in total. The van der Waals surface area contributed by atoms with Gasteiger partial charge in [-0.05, 0) is 49.4 Å². The fourth-order valence-corrected chi connectivity index (χ4v) is 4.48. The number of carbonyl (C=O) groups is 1. The molecule has 0 bridgehead atoms. The van der Waals surface area contributed by atoms with Crippen molar-refractivity contribution in [2.75, 3.05) is 57.9 Å². The molecule has 0 unspecified atom stereocenters. The number of aromatic nitrogens is 2. The average molecular weight is 500 g/mol. The lowest BCUT2D eigenvalue weighted by molar-refractivity contribution is 0.0951. The fourth-order valence-electron chi connectivity index (χ4n) is 4.29. The predicted octanol–water partition coefficient (Wildman–Crippen LogP) is 1.93. The van der Waals surface area contributed by atoms with Crippen LogP contribution in [0.25, 0.3) is 10.9 Å². The largest absolute Gasteiger partial charge is 0.383 e. The molecule has 1 aliphatic rings. The number of hydrogen-bond acceptors (Lipinski definition) is 6. The molecule has 1 fully saturated rings. The third-order valence-corrected chi connectivity index (χ3v) is 6.48. The minimum absolute atomic E-state index is 0.165. The highest BCUT2D eigenvalue weighted by Crippen LogP contribution is 2.20. The Kier molecular flexibility index (Phi) is 8.22. The van der Waals surface area contributed by atoms with E-state index >= 15 is 0 Å². The Balaban J connectivity index is 1.26. The van der Waals surface area contributed by atoms with Crippen molar-refractivity contribution >= 4 is 34.1 Å². The number of nitrogens with zero attached hydrogens (tertiary/aromatic N) is 3. The molecule has 35 heavy (non-hydrogen) atoms. The van der Waals surface area contributed by atoms with E-state index in [-0.39, 0.29) is 19.1 Å². The first kappa shape index (κ1) is 25.0. The second-order valence-corrected chi connectivity index (χ2v) is 8.99. The fraction of sp³-hybridized carbons (Fsp3) is 0.400. The number of aromatic amines is 1. The lowest BCUT2D eigenvalue weighted by Gasteiger charge is -2.36. The molecule has 1 saturated heterocycles. The SMILES string of the molecule is COCCn1c(=O)[nH]c2cc(C(=O)NCCCN3CCN(c4cccc(Cl)c4)CC3)ccc2c1=O. The van der Waals surface area contributed by atoms with Crippen molar-refractivity contribution in [3.05, 3.63) is 73.9 Å². The summed E-state index contributed by atoms with van der Waals surface area (Å²) in [6.07, 6.45) is 0.831. The van der Waals surface area contributed by atoms with Crippen LogP contribution in [0.3, 0.4) is 0 Å². The molecule has 2 aromatic carbocycles. The Hall–Kier alpha value is -3.14. The summed E-state index contributed by atoms with van der Waals surface area (Å²) < 4.78 is 6.05. The molecule has 1 aromatic heterocycles. The molecule has 1 amide bonds. The van der Waals surface area contributed by atoms with Crippen LogP contribution in [0.15, 0.2) is 52.1 Å².